The van der Waals surface area contributed by atoms with Crippen LogP contribution in [-0.2, 0) is 16.6 Å². The zero-order valence-corrected chi connectivity index (χ0v) is 17.6. The summed E-state index contributed by atoms with van der Waals surface area (Å²) in [5, 5.41) is 9.45. The molecule has 0 aliphatic carbocycles. The van der Waals surface area contributed by atoms with E-state index in [1.54, 1.807) is 0 Å². The van der Waals surface area contributed by atoms with E-state index < -0.39 is 28.4 Å². The van der Waals surface area contributed by atoms with Crippen LogP contribution in [0, 0.1) is 5.82 Å². The van der Waals surface area contributed by atoms with Crippen molar-refractivity contribution in [2.45, 2.75) is 11.5 Å². The van der Waals surface area contributed by atoms with Gasteiger partial charge in [0.1, 0.15) is 22.2 Å². The standard InChI is InChI=1S/C22H20FNO6S/c1-29-19-10-8-18(9-11-19)24(22(26)16-4-6-17(23)7-5-16)31(27,28)21-13-15(14-25)3-12-20(21)30-2/h3-13,25H,14H2,1-2H3. The van der Waals surface area contributed by atoms with Crippen LogP contribution in [0.25, 0.3) is 0 Å². The molecule has 0 saturated carbocycles. The molecule has 0 bridgehead atoms. The molecule has 9 heteroatoms. The van der Waals surface area contributed by atoms with Gasteiger partial charge in [0, 0.05) is 5.56 Å². The van der Waals surface area contributed by atoms with Crippen LogP contribution in [0.15, 0.2) is 71.6 Å². The average Bonchev–Trinajstić information content (AvgIpc) is 2.79. The number of anilines is 1. The zero-order chi connectivity index (χ0) is 22.6. The zero-order valence-electron chi connectivity index (χ0n) is 16.8. The van der Waals surface area contributed by atoms with Gasteiger partial charge in [-0.3, -0.25) is 4.79 Å². The summed E-state index contributed by atoms with van der Waals surface area (Å²) in [5.41, 5.74) is 0.341. The smallest absolute Gasteiger partial charge is 0.274 e. The molecule has 31 heavy (non-hydrogen) atoms. The third kappa shape index (κ3) is 4.52. The lowest BCUT2D eigenvalue weighted by atomic mass is 10.2. The first-order valence-electron chi connectivity index (χ1n) is 9.09. The number of nitrogens with zero attached hydrogens (tertiary/aromatic N) is 1. The van der Waals surface area contributed by atoms with Gasteiger partial charge in [-0.15, -0.1) is 0 Å². The Labute approximate surface area is 179 Å². The van der Waals surface area contributed by atoms with E-state index in [1.165, 1.54) is 68.8 Å². The number of aliphatic hydroxyl groups excluding tert-OH is 1. The molecule has 3 rings (SSSR count). The van der Waals surface area contributed by atoms with Gasteiger partial charge in [-0.25, -0.2) is 12.8 Å². The van der Waals surface area contributed by atoms with E-state index in [1.807, 2.05) is 0 Å². The molecule has 0 aromatic heterocycles. The number of aliphatic hydroxyl groups is 1. The molecule has 0 fully saturated rings. The van der Waals surface area contributed by atoms with Crippen molar-refractivity contribution in [2.24, 2.45) is 0 Å². The fourth-order valence-corrected chi connectivity index (χ4v) is 4.54. The molecule has 7 nitrogen and oxygen atoms in total. The maximum atomic E-state index is 13.7. The Kier molecular flexibility index (Phi) is 6.57. The van der Waals surface area contributed by atoms with Gasteiger partial charge in [-0.05, 0) is 66.2 Å². The fraction of sp³-hybridized carbons (Fsp3) is 0.136. The number of ether oxygens (including phenoxy) is 2. The van der Waals surface area contributed by atoms with Gasteiger partial charge in [-0.2, -0.15) is 4.31 Å². The topological polar surface area (TPSA) is 93.1 Å². The highest BCUT2D eigenvalue weighted by atomic mass is 32.2. The third-order valence-corrected chi connectivity index (χ3v) is 6.24. The third-order valence-electron chi connectivity index (χ3n) is 4.51. The number of sulfonamides is 1. The maximum Gasteiger partial charge on any atom is 0.274 e. The quantitative estimate of drug-likeness (QED) is 0.599. The maximum absolute atomic E-state index is 13.7. The number of halogens is 1. The number of hydrogen-bond donors (Lipinski definition) is 1. The molecule has 0 spiro atoms. The van der Waals surface area contributed by atoms with Crippen LogP contribution >= 0.6 is 0 Å². The molecule has 0 saturated heterocycles. The van der Waals surface area contributed by atoms with E-state index in [2.05, 4.69) is 0 Å². The predicted molar refractivity (Wildman–Crippen MR) is 112 cm³/mol. The number of carbonyl (C=O) groups excluding carboxylic acids is 1. The highest BCUT2D eigenvalue weighted by Gasteiger charge is 2.34. The first-order valence-corrected chi connectivity index (χ1v) is 10.5. The number of hydrogen-bond acceptors (Lipinski definition) is 6. The van der Waals surface area contributed by atoms with Crippen LogP contribution in [0.5, 0.6) is 11.5 Å². The van der Waals surface area contributed by atoms with Crippen molar-refractivity contribution < 1.29 is 32.2 Å². The lowest BCUT2D eigenvalue weighted by molar-refractivity contribution is 0.101. The molecule has 0 unspecified atom stereocenters. The second-order valence-corrected chi connectivity index (χ2v) is 8.18. The van der Waals surface area contributed by atoms with Gasteiger partial charge in [0.05, 0.1) is 26.5 Å². The van der Waals surface area contributed by atoms with Gasteiger partial charge in [-0.1, -0.05) is 6.07 Å². The van der Waals surface area contributed by atoms with Crippen molar-refractivity contribution in [3.63, 3.8) is 0 Å². The van der Waals surface area contributed by atoms with E-state index in [0.29, 0.717) is 15.6 Å². The van der Waals surface area contributed by atoms with E-state index in [9.17, 15) is 22.7 Å². The number of methoxy groups -OCH3 is 2. The van der Waals surface area contributed by atoms with Crippen LogP contribution in [0.2, 0.25) is 0 Å². The molecule has 3 aromatic rings. The lowest BCUT2D eigenvalue weighted by Gasteiger charge is -2.24. The van der Waals surface area contributed by atoms with Crippen molar-refractivity contribution in [1.82, 2.24) is 0 Å². The first kappa shape index (κ1) is 22.3. The number of benzene rings is 3. The Hall–Kier alpha value is -3.43. The normalized spacial score (nSPS) is 11.1. The second-order valence-electron chi connectivity index (χ2n) is 6.42. The molecule has 0 aliphatic rings. The number of rotatable bonds is 7. The summed E-state index contributed by atoms with van der Waals surface area (Å²) in [6.45, 7) is -0.402. The van der Waals surface area contributed by atoms with Crippen LogP contribution in [-0.4, -0.2) is 33.7 Å². The summed E-state index contributed by atoms with van der Waals surface area (Å²) in [6.07, 6.45) is 0. The SMILES string of the molecule is COc1ccc(N(C(=O)c2ccc(F)cc2)S(=O)(=O)c2cc(CO)ccc2OC)cc1. The van der Waals surface area contributed by atoms with Crippen molar-refractivity contribution in [3.05, 3.63) is 83.7 Å². The Balaban J connectivity index is 2.21. The van der Waals surface area contributed by atoms with Crippen LogP contribution in [0.3, 0.4) is 0 Å². The van der Waals surface area contributed by atoms with E-state index in [4.69, 9.17) is 9.47 Å². The molecule has 0 heterocycles. The molecule has 3 aromatic carbocycles. The lowest BCUT2D eigenvalue weighted by Crippen LogP contribution is -2.37. The van der Waals surface area contributed by atoms with E-state index in [-0.39, 0.29) is 21.9 Å². The fourth-order valence-electron chi connectivity index (χ4n) is 2.91. The predicted octanol–water partition coefficient (Wildman–Crippen LogP) is 3.37. The average molecular weight is 445 g/mol. The van der Waals surface area contributed by atoms with Gasteiger partial charge >= 0.3 is 0 Å². The summed E-state index contributed by atoms with van der Waals surface area (Å²) in [7, 11) is -1.74. The van der Waals surface area contributed by atoms with Crippen molar-refractivity contribution in [1.29, 1.82) is 0 Å². The number of amides is 1. The molecule has 162 valence electrons. The molecule has 1 amide bonds. The molecular formula is C22H20FNO6S. The summed E-state index contributed by atoms with van der Waals surface area (Å²) in [5.74, 6) is -0.979. The summed E-state index contributed by atoms with van der Waals surface area (Å²) in [6, 6.07) is 14.5. The van der Waals surface area contributed by atoms with Crippen LogP contribution < -0.4 is 13.8 Å². The van der Waals surface area contributed by atoms with Crippen molar-refractivity contribution in [3.8, 4) is 11.5 Å². The number of carbonyl (C=O) groups is 1. The Bertz CT molecular complexity index is 1180. The monoisotopic (exact) mass is 445 g/mol. The summed E-state index contributed by atoms with van der Waals surface area (Å²) in [4.78, 5) is 13.0. The Morgan fingerprint density at radius 2 is 1.61 bits per heavy atom. The summed E-state index contributed by atoms with van der Waals surface area (Å²) < 4.78 is 51.5. The highest BCUT2D eigenvalue weighted by molar-refractivity contribution is 7.93. The molecule has 0 atom stereocenters. The minimum absolute atomic E-state index is 0.00242. The summed E-state index contributed by atoms with van der Waals surface area (Å²) >= 11 is 0. The van der Waals surface area contributed by atoms with Crippen molar-refractivity contribution in [2.75, 3.05) is 18.5 Å². The second kappa shape index (κ2) is 9.15. The molecular weight excluding hydrogens is 425 g/mol. The Morgan fingerprint density at radius 3 is 2.16 bits per heavy atom. The van der Waals surface area contributed by atoms with Crippen LogP contribution in [0.1, 0.15) is 15.9 Å². The van der Waals surface area contributed by atoms with Gasteiger partial charge < -0.3 is 14.6 Å². The van der Waals surface area contributed by atoms with Crippen LogP contribution in [0.4, 0.5) is 10.1 Å². The molecule has 0 aliphatic heterocycles. The van der Waals surface area contributed by atoms with Gasteiger partial charge in [0.2, 0.25) is 0 Å². The van der Waals surface area contributed by atoms with E-state index >= 15 is 0 Å². The van der Waals surface area contributed by atoms with Gasteiger partial charge in [0.15, 0.2) is 0 Å². The van der Waals surface area contributed by atoms with Crippen molar-refractivity contribution >= 4 is 21.6 Å². The minimum Gasteiger partial charge on any atom is -0.497 e. The molecule has 0 radical (unpaired) electrons. The Morgan fingerprint density at radius 1 is 0.968 bits per heavy atom. The minimum atomic E-state index is -4.49. The largest absolute Gasteiger partial charge is 0.497 e. The molecule has 1 N–H and O–H groups in total. The van der Waals surface area contributed by atoms with E-state index in [0.717, 1.165) is 12.1 Å². The first-order chi connectivity index (χ1) is 14.8. The van der Waals surface area contributed by atoms with Gasteiger partial charge in [0.25, 0.3) is 15.9 Å². The highest BCUT2D eigenvalue weighted by Crippen LogP contribution is 2.33.